The normalized spacial score (nSPS) is 10.6. The third kappa shape index (κ3) is 10.2. The molecule has 7 nitrogen and oxygen atoms in total. The lowest BCUT2D eigenvalue weighted by molar-refractivity contribution is 0.239. The zero-order valence-electron chi connectivity index (χ0n) is 20.8. The summed E-state index contributed by atoms with van der Waals surface area (Å²) >= 11 is 0. The van der Waals surface area contributed by atoms with E-state index in [-0.39, 0.29) is 18.0 Å². The lowest BCUT2D eigenvalue weighted by atomic mass is 9.88. The van der Waals surface area contributed by atoms with Gasteiger partial charge in [-0.2, -0.15) is 0 Å². The molecule has 0 saturated carbocycles. The van der Waals surface area contributed by atoms with Crippen LogP contribution in [0.25, 0.3) is 0 Å². The highest BCUT2D eigenvalue weighted by Crippen LogP contribution is 2.27. The van der Waals surface area contributed by atoms with Crippen LogP contribution in [0.15, 0.2) is 85.2 Å². The first-order valence-corrected chi connectivity index (χ1v) is 12.7. The molecule has 0 atom stereocenters. The van der Waals surface area contributed by atoms with Crippen LogP contribution in [-0.2, 0) is 6.54 Å². The molecule has 7 heteroatoms. The number of nitrogens with one attached hydrogen (secondary N) is 4. The second-order valence-electron chi connectivity index (χ2n) is 8.73. The van der Waals surface area contributed by atoms with Crippen LogP contribution in [0.5, 0.6) is 0 Å². The molecule has 0 fully saturated rings. The lowest BCUT2D eigenvalue weighted by Crippen LogP contribution is -2.37. The van der Waals surface area contributed by atoms with Crippen molar-refractivity contribution in [3.8, 4) is 0 Å². The van der Waals surface area contributed by atoms with Crippen molar-refractivity contribution in [3.63, 3.8) is 0 Å². The molecule has 2 aromatic carbocycles. The smallest absolute Gasteiger partial charge is 0.315 e. The van der Waals surface area contributed by atoms with Gasteiger partial charge in [0.2, 0.25) is 0 Å². The molecule has 0 unspecified atom stereocenters. The fourth-order valence-electron chi connectivity index (χ4n) is 4.04. The van der Waals surface area contributed by atoms with E-state index in [4.69, 9.17) is 0 Å². The molecule has 0 saturated heterocycles. The molecule has 190 valence electrons. The largest absolute Gasteiger partial charge is 0.338 e. The van der Waals surface area contributed by atoms with Crippen molar-refractivity contribution in [1.29, 1.82) is 0 Å². The molecule has 4 amide bonds. The fourth-order valence-corrected chi connectivity index (χ4v) is 4.04. The Morgan fingerprint density at radius 1 is 0.639 bits per heavy atom. The number of carbonyl (C=O) groups excluding carboxylic acids is 2. The zero-order chi connectivity index (χ0) is 25.3. The molecular formula is C29H37N5O2. The van der Waals surface area contributed by atoms with Crippen LogP contribution < -0.4 is 21.3 Å². The number of benzene rings is 2. The van der Waals surface area contributed by atoms with Crippen molar-refractivity contribution in [2.24, 2.45) is 0 Å². The molecule has 0 bridgehead atoms. The number of nitrogens with zero attached hydrogens (tertiary/aromatic N) is 1. The number of amides is 4. The van der Waals surface area contributed by atoms with E-state index in [9.17, 15) is 9.59 Å². The van der Waals surface area contributed by atoms with E-state index in [1.807, 2.05) is 24.3 Å². The minimum absolute atomic E-state index is 0.123. The highest BCUT2D eigenvalue weighted by Gasteiger charge is 2.14. The van der Waals surface area contributed by atoms with Crippen molar-refractivity contribution in [1.82, 2.24) is 26.3 Å². The molecular weight excluding hydrogens is 450 g/mol. The summed E-state index contributed by atoms with van der Waals surface area (Å²) < 4.78 is 0. The van der Waals surface area contributed by atoms with Crippen molar-refractivity contribution in [2.45, 2.75) is 44.6 Å². The maximum absolute atomic E-state index is 12.2. The van der Waals surface area contributed by atoms with Crippen LogP contribution in [0.4, 0.5) is 9.59 Å². The van der Waals surface area contributed by atoms with Gasteiger partial charge in [0.1, 0.15) is 0 Å². The number of aromatic nitrogens is 1. The van der Waals surface area contributed by atoms with Crippen LogP contribution >= 0.6 is 0 Å². The van der Waals surface area contributed by atoms with Gasteiger partial charge in [0.25, 0.3) is 0 Å². The van der Waals surface area contributed by atoms with E-state index in [1.54, 1.807) is 12.4 Å². The Morgan fingerprint density at radius 2 is 1.19 bits per heavy atom. The van der Waals surface area contributed by atoms with E-state index < -0.39 is 0 Å². The van der Waals surface area contributed by atoms with E-state index in [0.717, 1.165) is 37.7 Å². The predicted octanol–water partition coefficient (Wildman–Crippen LogP) is 4.96. The van der Waals surface area contributed by atoms with Gasteiger partial charge >= 0.3 is 12.1 Å². The molecule has 1 aromatic heterocycles. The summed E-state index contributed by atoms with van der Waals surface area (Å²) in [7, 11) is 0. The third-order valence-electron chi connectivity index (χ3n) is 5.97. The molecule has 0 aliphatic heterocycles. The minimum atomic E-state index is -0.168. The first kappa shape index (κ1) is 26.7. The monoisotopic (exact) mass is 487 g/mol. The van der Waals surface area contributed by atoms with Crippen LogP contribution in [-0.4, -0.2) is 36.7 Å². The maximum atomic E-state index is 12.2. The number of urea groups is 2. The van der Waals surface area contributed by atoms with Crippen molar-refractivity contribution in [3.05, 3.63) is 102 Å². The molecule has 36 heavy (non-hydrogen) atoms. The Labute approximate surface area is 214 Å². The van der Waals surface area contributed by atoms with Gasteiger partial charge in [-0.25, -0.2) is 9.59 Å². The molecule has 0 aliphatic carbocycles. The number of pyridine rings is 1. The highest BCUT2D eigenvalue weighted by atomic mass is 16.2. The molecule has 4 N–H and O–H groups in total. The SMILES string of the molecule is O=C(NCCCCCCNC(=O)NCc1cccnc1)NCCC(c1ccccc1)c1ccccc1. The van der Waals surface area contributed by atoms with Crippen molar-refractivity contribution < 1.29 is 9.59 Å². The number of rotatable bonds is 14. The van der Waals surface area contributed by atoms with E-state index in [2.05, 4.69) is 74.8 Å². The topological polar surface area (TPSA) is 95.2 Å². The van der Waals surface area contributed by atoms with E-state index in [1.165, 1.54) is 11.1 Å². The summed E-state index contributed by atoms with van der Waals surface area (Å²) in [5.74, 6) is 0.249. The highest BCUT2D eigenvalue weighted by molar-refractivity contribution is 5.74. The Kier molecular flexibility index (Phi) is 11.8. The van der Waals surface area contributed by atoms with Crippen molar-refractivity contribution >= 4 is 12.1 Å². The number of unbranched alkanes of at least 4 members (excludes halogenated alkanes) is 3. The second kappa shape index (κ2) is 15.9. The Balaban J connectivity index is 1.21. The quantitative estimate of drug-likeness (QED) is 0.242. The number of hydrogen-bond acceptors (Lipinski definition) is 3. The zero-order valence-corrected chi connectivity index (χ0v) is 20.8. The van der Waals surface area contributed by atoms with Crippen molar-refractivity contribution in [2.75, 3.05) is 19.6 Å². The molecule has 3 aromatic rings. The summed E-state index contributed by atoms with van der Waals surface area (Å²) in [6, 6.07) is 24.3. The van der Waals surface area contributed by atoms with Gasteiger partial charge in [-0.15, -0.1) is 0 Å². The van der Waals surface area contributed by atoms with Crippen LogP contribution in [0.2, 0.25) is 0 Å². The number of carbonyl (C=O) groups is 2. The van der Waals surface area contributed by atoms with Crippen LogP contribution in [0, 0.1) is 0 Å². The fraction of sp³-hybridized carbons (Fsp3) is 0.345. The standard InChI is InChI=1S/C29H37N5O2/c35-28(33-21-17-27(25-13-5-3-6-14-25)26-15-7-4-8-16-26)31-19-9-1-2-10-20-32-29(36)34-23-24-12-11-18-30-22-24/h3-8,11-16,18,22,27H,1-2,9-10,17,19-21,23H2,(H2,31,33,35)(H2,32,34,36). The van der Waals surface area contributed by atoms with Gasteiger partial charge in [-0.3, -0.25) is 4.98 Å². The van der Waals surface area contributed by atoms with E-state index >= 15 is 0 Å². The molecule has 3 rings (SSSR count). The molecule has 1 heterocycles. The first-order valence-electron chi connectivity index (χ1n) is 12.7. The van der Waals surface area contributed by atoms with Gasteiger partial charge in [-0.1, -0.05) is 79.6 Å². The predicted molar refractivity (Wildman–Crippen MR) is 144 cm³/mol. The number of hydrogen-bond donors (Lipinski definition) is 4. The summed E-state index contributed by atoms with van der Waals surface area (Å²) in [5.41, 5.74) is 3.48. The Bertz CT molecular complexity index is 976. The first-order chi connectivity index (χ1) is 17.7. The summed E-state index contributed by atoms with van der Waals surface area (Å²) in [5, 5.41) is 11.6. The van der Waals surface area contributed by atoms with Gasteiger partial charge in [0.05, 0.1) is 0 Å². The van der Waals surface area contributed by atoms with Gasteiger partial charge < -0.3 is 21.3 Å². The van der Waals surface area contributed by atoms with Gasteiger partial charge in [0, 0.05) is 44.5 Å². The maximum Gasteiger partial charge on any atom is 0.315 e. The summed E-state index contributed by atoms with van der Waals surface area (Å²) in [4.78, 5) is 28.0. The molecule has 0 radical (unpaired) electrons. The molecule has 0 spiro atoms. The van der Waals surface area contributed by atoms with Crippen LogP contribution in [0.3, 0.4) is 0 Å². The average molecular weight is 488 g/mol. The Hall–Kier alpha value is -3.87. The van der Waals surface area contributed by atoms with Crippen LogP contribution in [0.1, 0.15) is 54.7 Å². The summed E-state index contributed by atoms with van der Waals surface area (Å²) in [6.45, 7) is 2.35. The second-order valence-corrected chi connectivity index (χ2v) is 8.73. The van der Waals surface area contributed by atoms with Gasteiger partial charge in [-0.05, 0) is 42.0 Å². The molecule has 0 aliphatic rings. The minimum Gasteiger partial charge on any atom is -0.338 e. The van der Waals surface area contributed by atoms with Gasteiger partial charge in [0.15, 0.2) is 0 Å². The lowest BCUT2D eigenvalue weighted by Gasteiger charge is -2.18. The summed E-state index contributed by atoms with van der Waals surface area (Å²) in [6.07, 6.45) is 8.11. The van der Waals surface area contributed by atoms with E-state index in [0.29, 0.717) is 26.2 Å². The average Bonchev–Trinajstić information content (AvgIpc) is 2.93. The third-order valence-corrected chi connectivity index (χ3v) is 5.97. The Morgan fingerprint density at radius 3 is 1.75 bits per heavy atom.